The summed E-state index contributed by atoms with van der Waals surface area (Å²) >= 11 is 0. The first-order valence-corrected chi connectivity index (χ1v) is 20.5. The van der Waals surface area contributed by atoms with Crippen LogP contribution in [-0.2, 0) is 10.8 Å². The molecule has 0 atom stereocenters. The Hall–Kier alpha value is -6.78. The maximum absolute atomic E-state index is 6.92. The third kappa shape index (κ3) is 4.35. The Morgan fingerprint density at radius 1 is 0.569 bits per heavy atom. The van der Waals surface area contributed by atoms with E-state index in [0.717, 1.165) is 38.9 Å². The third-order valence-electron chi connectivity index (χ3n) is 13.1. The van der Waals surface area contributed by atoms with Crippen LogP contribution in [0.5, 0.6) is 0 Å². The van der Waals surface area contributed by atoms with Crippen LogP contribution in [0.2, 0.25) is 0 Å². The summed E-state index contributed by atoms with van der Waals surface area (Å²) < 4.78 is 6.92. The lowest BCUT2D eigenvalue weighted by molar-refractivity contribution is 0.590. The first kappa shape index (κ1) is 33.4. The quantitative estimate of drug-likeness (QED) is 0.168. The molecule has 0 fully saturated rings. The number of nitrogens with zero attached hydrogens (tertiary/aromatic N) is 2. The molecule has 9 aromatic rings. The van der Waals surface area contributed by atoms with Gasteiger partial charge in [-0.1, -0.05) is 154 Å². The third-order valence-corrected chi connectivity index (χ3v) is 13.1. The van der Waals surface area contributed by atoms with Crippen LogP contribution >= 0.6 is 0 Å². The second-order valence-corrected chi connectivity index (χ2v) is 17.3. The monoisotopic (exact) mass is 744 g/mol. The van der Waals surface area contributed by atoms with Crippen LogP contribution in [0.4, 0.5) is 28.4 Å². The van der Waals surface area contributed by atoms with Gasteiger partial charge in [0, 0.05) is 39.1 Å². The molecule has 3 aliphatic rings. The Kier molecular flexibility index (Phi) is 6.83. The molecular formula is C54H41BN2O. The first-order chi connectivity index (χ1) is 28.3. The Labute approximate surface area is 339 Å². The summed E-state index contributed by atoms with van der Waals surface area (Å²) in [6, 6.07) is 65.7. The van der Waals surface area contributed by atoms with Crippen LogP contribution in [-0.4, -0.2) is 6.85 Å². The molecule has 3 nitrogen and oxygen atoms in total. The summed E-state index contributed by atoms with van der Waals surface area (Å²) in [5, 5.41) is 2.28. The van der Waals surface area contributed by atoms with E-state index in [9.17, 15) is 0 Å². The maximum atomic E-state index is 6.92. The van der Waals surface area contributed by atoms with E-state index in [1.165, 1.54) is 66.9 Å². The average molecular weight is 745 g/mol. The summed E-state index contributed by atoms with van der Waals surface area (Å²) in [5.74, 6) is 0. The number of benzene rings is 8. The minimum absolute atomic E-state index is 0.0332. The van der Waals surface area contributed by atoms with Gasteiger partial charge in [-0.15, -0.1) is 0 Å². The van der Waals surface area contributed by atoms with Crippen LogP contribution in [0.1, 0.15) is 54.2 Å². The van der Waals surface area contributed by atoms with Gasteiger partial charge < -0.3 is 14.1 Å². The van der Waals surface area contributed by atoms with Crippen LogP contribution in [0.25, 0.3) is 33.1 Å². The Balaban J connectivity index is 1.24. The number of hydrogen-bond acceptors (Lipinski definition) is 3. The topological polar surface area (TPSA) is 19.6 Å². The molecule has 0 N–H and O–H groups in total. The standard InChI is InChI=1S/C54H41BN2O/c1-34-32-41-49-46(31-30-40-39-20-11-14-25-48(39)58-52(40)49)57(38-28-26-35(27-29-38)53(2,3)4)55-44-23-15-22-43-51(44)56(47(33-34)50(41)55)45-24-13-12-21-42(45)54(43,36-16-7-5-8-17-36)37-18-9-6-10-19-37/h5-33H,1-4H3. The molecule has 3 aliphatic heterocycles. The van der Waals surface area contributed by atoms with Crippen molar-refractivity contribution in [3.63, 3.8) is 0 Å². The van der Waals surface area contributed by atoms with Crippen LogP contribution < -0.4 is 20.6 Å². The predicted octanol–water partition coefficient (Wildman–Crippen LogP) is 12.6. The number of para-hydroxylation sites is 3. The van der Waals surface area contributed by atoms with Crippen molar-refractivity contribution in [1.29, 1.82) is 0 Å². The molecule has 12 rings (SSSR count). The summed E-state index contributed by atoms with van der Waals surface area (Å²) in [6.45, 7) is 9.00. The van der Waals surface area contributed by atoms with E-state index >= 15 is 0 Å². The molecule has 0 saturated heterocycles. The van der Waals surface area contributed by atoms with Gasteiger partial charge in [0.25, 0.3) is 0 Å². The molecular weight excluding hydrogens is 703 g/mol. The van der Waals surface area contributed by atoms with Crippen molar-refractivity contribution >= 4 is 68.1 Å². The van der Waals surface area contributed by atoms with E-state index in [-0.39, 0.29) is 12.3 Å². The summed E-state index contributed by atoms with van der Waals surface area (Å²) in [7, 11) is 0. The zero-order valence-electron chi connectivity index (χ0n) is 33.1. The molecule has 0 saturated carbocycles. The first-order valence-electron chi connectivity index (χ1n) is 20.5. The van der Waals surface area contributed by atoms with Crippen molar-refractivity contribution in [1.82, 2.24) is 0 Å². The van der Waals surface area contributed by atoms with E-state index in [0.29, 0.717) is 0 Å². The van der Waals surface area contributed by atoms with Crippen LogP contribution in [0, 0.1) is 6.92 Å². The molecule has 1 aromatic heterocycles. The zero-order chi connectivity index (χ0) is 38.9. The molecule has 276 valence electrons. The average Bonchev–Trinajstić information content (AvgIpc) is 3.64. The van der Waals surface area contributed by atoms with Gasteiger partial charge in [-0.25, -0.2) is 0 Å². The lowest BCUT2D eigenvalue weighted by Gasteiger charge is -2.52. The molecule has 0 unspecified atom stereocenters. The summed E-state index contributed by atoms with van der Waals surface area (Å²) in [5.41, 5.74) is 19.9. The van der Waals surface area contributed by atoms with Crippen molar-refractivity contribution in [2.75, 3.05) is 9.71 Å². The lowest BCUT2D eigenvalue weighted by Crippen LogP contribution is -2.62. The van der Waals surface area contributed by atoms with Crippen molar-refractivity contribution in [3.8, 4) is 11.1 Å². The number of anilines is 5. The molecule has 4 heteroatoms. The number of furan rings is 1. The highest BCUT2D eigenvalue weighted by molar-refractivity contribution is 6.93. The van der Waals surface area contributed by atoms with Crippen LogP contribution in [0.3, 0.4) is 0 Å². The molecule has 0 bridgehead atoms. The fraction of sp³-hybridized carbons (Fsp3) is 0.111. The van der Waals surface area contributed by atoms with E-state index in [1.54, 1.807) is 0 Å². The van der Waals surface area contributed by atoms with Crippen molar-refractivity contribution in [2.45, 2.75) is 38.5 Å². The van der Waals surface area contributed by atoms with Crippen molar-refractivity contribution < 1.29 is 4.42 Å². The van der Waals surface area contributed by atoms with Crippen LogP contribution in [0.15, 0.2) is 180 Å². The van der Waals surface area contributed by atoms with Gasteiger partial charge in [-0.05, 0) is 105 Å². The number of hydrogen-bond donors (Lipinski definition) is 0. The van der Waals surface area contributed by atoms with Gasteiger partial charge in [0.1, 0.15) is 11.2 Å². The smallest absolute Gasteiger partial charge is 0.333 e. The minimum atomic E-state index is -0.558. The second kappa shape index (κ2) is 11.9. The summed E-state index contributed by atoms with van der Waals surface area (Å²) in [4.78, 5) is 5.20. The number of fused-ring (bicyclic) bond motifs is 10. The zero-order valence-corrected chi connectivity index (χ0v) is 33.1. The molecule has 4 heterocycles. The van der Waals surface area contributed by atoms with Gasteiger partial charge >= 0.3 is 6.85 Å². The van der Waals surface area contributed by atoms with E-state index in [2.05, 4.69) is 213 Å². The second-order valence-electron chi connectivity index (χ2n) is 17.3. The largest absolute Gasteiger partial charge is 0.455 e. The van der Waals surface area contributed by atoms with Gasteiger partial charge in [-0.2, -0.15) is 0 Å². The van der Waals surface area contributed by atoms with Crippen molar-refractivity contribution in [2.24, 2.45) is 0 Å². The molecule has 0 amide bonds. The van der Waals surface area contributed by atoms with Crippen molar-refractivity contribution in [3.05, 3.63) is 209 Å². The highest BCUT2D eigenvalue weighted by atomic mass is 16.3. The number of rotatable bonds is 3. The molecule has 8 aromatic carbocycles. The normalized spacial score (nSPS) is 14.6. The van der Waals surface area contributed by atoms with Gasteiger partial charge in [-0.3, -0.25) is 0 Å². The minimum Gasteiger partial charge on any atom is -0.455 e. The highest BCUT2D eigenvalue weighted by Crippen LogP contribution is 2.59. The highest BCUT2D eigenvalue weighted by Gasteiger charge is 2.53. The Morgan fingerprint density at radius 3 is 1.98 bits per heavy atom. The fourth-order valence-electron chi connectivity index (χ4n) is 10.7. The molecule has 0 spiro atoms. The van der Waals surface area contributed by atoms with Gasteiger partial charge in [0.05, 0.1) is 11.1 Å². The molecule has 0 aliphatic carbocycles. The van der Waals surface area contributed by atoms with E-state index in [4.69, 9.17) is 4.42 Å². The Bertz CT molecular complexity index is 3080. The lowest BCUT2D eigenvalue weighted by atomic mass is 9.42. The Morgan fingerprint density at radius 2 is 1.24 bits per heavy atom. The summed E-state index contributed by atoms with van der Waals surface area (Å²) in [6.07, 6.45) is 0. The van der Waals surface area contributed by atoms with E-state index < -0.39 is 5.41 Å². The number of aryl methyl sites for hydroxylation is 1. The SMILES string of the molecule is Cc1cc2c3c(c1)N1c4ccccc4C(c4ccccc4)(c4ccccc4)c4cccc(c41)B3N(c1ccc(C(C)(C)C)cc1)c1ccc3c(oc4ccccc43)c1-2. The van der Waals surface area contributed by atoms with E-state index in [1.807, 2.05) is 0 Å². The maximum Gasteiger partial charge on any atom is 0.333 e. The molecule has 58 heavy (non-hydrogen) atoms. The van der Waals surface area contributed by atoms with Gasteiger partial charge in [0.2, 0.25) is 0 Å². The fourth-order valence-corrected chi connectivity index (χ4v) is 10.7. The predicted molar refractivity (Wildman–Crippen MR) is 243 cm³/mol. The van der Waals surface area contributed by atoms with Gasteiger partial charge in [0.15, 0.2) is 0 Å². The molecule has 0 radical (unpaired) electrons.